The topological polar surface area (TPSA) is 15.6 Å². The van der Waals surface area contributed by atoms with Gasteiger partial charge < -0.3 is 4.90 Å². The molecule has 0 unspecified atom stereocenters. The summed E-state index contributed by atoms with van der Waals surface area (Å²) in [6, 6.07) is 1.19. The number of aliphatic imine (C=N–C) groups is 1. The molecule has 0 atom stereocenters. The highest BCUT2D eigenvalue weighted by Crippen LogP contribution is 2.38. The van der Waals surface area contributed by atoms with Crippen LogP contribution in [0.1, 0.15) is 11.1 Å². The number of nitrogens with zero attached hydrogens (tertiary/aromatic N) is 2. The van der Waals surface area contributed by atoms with E-state index in [-0.39, 0.29) is 6.07 Å². The molecule has 106 valence electrons. The Morgan fingerprint density at radius 3 is 1.63 bits per heavy atom. The second-order valence-corrected chi connectivity index (χ2v) is 3.97. The van der Waals surface area contributed by atoms with Crippen LogP contribution in [0.25, 0.3) is 0 Å². The van der Waals surface area contributed by atoms with Gasteiger partial charge in [-0.2, -0.15) is 26.3 Å². The standard InChI is InChI=1S/C11H10F6N2/c1-19(2)6-18-9-4-7(10(12,13)14)3-8(5-9)11(15,16)17/h3-6H,1-2H3/b18-6-. The van der Waals surface area contributed by atoms with E-state index in [1.807, 2.05) is 0 Å². The molecule has 2 nitrogen and oxygen atoms in total. The van der Waals surface area contributed by atoms with Gasteiger partial charge in [-0.25, -0.2) is 4.99 Å². The Hall–Kier alpha value is -1.73. The summed E-state index contributed by atoms with van der Waals surface area (Å²) < 4.78 is 75.0. The molecular formula is C11H10F6N2. The van der Waals surface area contributed by atoms with Crippen LogP contribution >= 0.6 is 0 Å². The lowest BCUT2D eigenvalue weighted by atomic mass is 10.1. The van der Waals surface area contributed by atoms with Gasteiger partial charge in [0.1, 0.15) is 0 Å². The maximum Gasteiger partial charge on any atom is 0.416 e. The Morgan fingerprint density at radius 1 is 0.895 bits per heavy atom. The zero-order valence-electron chi connectivity index (χ0n) is 9.97. The molecule has 0 saturated carbocycles. The molecule has 0 saturated heterocycles. The van der Waals surface area contributed by atoms with Gasteiger partial charge in [0.05, 0.1) is 23.2 Å². The molecule has 0 aliphatic rings. The molecule has 1 rings (SSSR count). The summed E-state index contributed by atoms with van der Waals surface area (Å²) >= 11 is 0. The second-order valence-electron chi connectivity index (χ2n) is 3.97. The van der Waals surface area contributed by atoms with Gasteiger partial charge in [-0.05, 0) is 18.2 Å². The SMILES string of the molecule is CN(C)/C=N\c1cc(C(F)(F)F)cc(C(F)(F)F)c1. The van der Waals surface area contributed by atoms with Crippen molar-refractivity contribution in [3.63, 3.8) is 0 Å². The Labute approximate surface area is 105 Å². The minimum Gasteiger partial charge on any atom is -0.369 e. The van der Waals surface area contributed by atoms with Gasteiger partial charge in [-0.1, -0.05) is 0 Å². The number of hydrogen-bond donors (Lipinski definition) is 0. The highest BCUT2D eigenvalue weighted by atomic mass is 19.4. The van der Waals surface area contributed by atoms with Crippen molar-refractivity contribution < 1.29 is 26.3 Å². The fourth-order valence-electron chi connectivity index (χ4n) is 1.20. The Kier molecular flexibility index (Phi) is 4.12. The van der Waals surface area contributed by atoms with Crippen LogP contribution in [0, 0.1) is 0 Å². The van der Waals surface area contributed by atoms with Gasteiger partial charge >= 0.3 is 12.4 Å². The number of benzene rings is 1. The highest BCUT2D eigenvalue weighted by molar-refractivity contribution is 5.61. The summed E-state index contributed by atoms with van der Waals surface area (Å²) in [5.41, 5.74) is -3.17. The van der Waals surface area contributed by atoms with E-state index in [0.29, 0.717) is 12.1 Å². The number of halogens is 6. The number of hydrogen-bond acceptors (Lipinski definition) is 1. The molecule has 0 aliphatic carbocycles. The molecule has 0 bridgehead atoms. The molecule has 8 heteroatoms. The van der Waals surface area contributed by atoms with E-state index in [2.05, 4.69) is 4.99 Å². The van der Waals surface area contributed by atoms with Gasteiger partial charge in [0.2, 0.25) is 0 Å². The predicted molar refractivity (Wildman–Crippen MR) is 58.3 cm³/mol. The quantitative estimate of drug-likeness (QED) is 0.456. The average Bonchev–Trinajstić information content (AvgIpc) is 2.23. The van der Waals surface area contributed by atoms with E-state index in [1.165, 1.54) is 4.90 Å². The van der Waals surface area contributed by atoms with Crippen molar-refractivity contribution in [2.75, 3.05) is 14.1 Å². The van der Waals surface area contributed by atoms with Crippen molar-refractivity contribution >= 4 is 12.0 Å². The minimum atomic E-state index is -4.86. The van der Waals surface area contributed by atoms with E-state index < -0.39 is 29.2 Å². The highest BCUT2D eigenvalue weighted by Gasteiger charge is 2.36. The average molecular weight is 284 g/mol. The first kappa shape index (κ1) is 15.3. The normalized spacial score (nSPS) is 13.1. The van der Waals surface area contributed by atoms with Crippen LogP contribution in [-0.4, -0.2) is 25.3 Å². The van der Waals surface area contributed by atoms with E-state index in [4.69, 9.17) is 0 Å². The van der Waals surface area contributed by atoms with Gasteiger partial charge in [-0.15, -0.1) is 0 Å². The minimum absolute atomic E-state index is 0.0642. The monoisotopic (exact) mass is 284 g/mol. The molecule has 0 spiro atoms. The van der Waals surface area contributed by atoms with Gasteiger partial charge in [0.15, 0.2) is 0 Å². The van der Waals surface area contributed by atoms with Gasteiger partial charge in [0, 0.05) is 14.1 Å². The Balaban J connectivity index is 3.33. The molecule has 0 radical (unpaired) electrons. The summed E-state index contributed by atoms with van der Waals surface area (Å²) in [6.07, 6.45) is -8.59. The Bertz CT molecular complexity index is 441. The summed E-state index contributed by atoms with van der Waals surface area (Å²) in [4.78, 5) is 4.95. The third-order valence-corrected chi connectivity index (χ3v) is 2.01. The Morgan fingerprint density at radius 2 is 1.32 bits per heavy atom. The van der Waals surface area contributed by atoms with E-state index in [1.54, 1.807) is 14.1 Å². The van der Waals surface area contributed by atoms with Crippen LogP contribution in [-0.2, 0) is 12.4 Å². The zero-order chi connectivity index (χ0) is 14.8. The van der Waals surface area contributed by atoms with Crippen molar-refractivity contribution in [3.05, 3.63) is 29.3 Å². The first-order valence-electron chi connectivity index (χ1n) is 5.00. The predicted octanol–water partition coefficient (Wildman–Crippen LogP) is 3.95. The number of alkyl halides is 6. The van der Waals surface area contributed by atoms with Gasteiger partial charge in [-0.3, -0.25) is 0 Å². The van der Waals surface area contributed by atoms with Crippen molar-refractivity contribution in [2.45, 2.75) is 12.4 Å². The first-order chi connectivity index (χ1) is 8.50. The van der Waals surface area contributed by atoms with Crippen LogP contribution in [0.15, 0.2) is 23.2 Å². The van der Waals surface area contributed by atoms with Crippen molar-refractivity contribution in [2.24, 2.45) is 4.99 Å². The lowest BCUT2D eigenvalue weighted by Crippen LogP contribution is -2.11. The molecule has 19 heavy (non-hydrogen) atoms. The largest absolute Gasteiger partial charge is 0.416 e. The van der Waals surface area contributed by atoms with Crippen LogP contribution in [0.2, 0.25) is 0 Å². The van der Waals surface area contributed by atoms with Crippen molar-refractivity contribution in [3.8, 4) is 0 Å². The first-order valence-corrected chi connectivity index (χ1v) is 5.00. The second kappa shape index (κ2) is 5.10. The van der Waals surface area contributed by atoms with Crippen LogP contribution in [0.3, 0.4) is 0 Å². The molecule has 1 aromatic carbocycles. The molecule has 0 aromatic heterocycles. The fourth-order valence-corrected chi connectivity index (χ4v) is 1.20. The van der Waals surface area contributed by atoms with E-state index >= 15 is 0 Å². The fraction of sp³-hybridized carbons (Fsp3) is 0.364. The van der Waals surface area contributed by atoms with Crippen molar-refractivity contribution in [1.82, 2.24) is 4.90 Å². The lowest BCUT2D eigenvalue weighted by molar-refractivity contribution is -0.143. The molecular weight excluding hydrogens is 274 g/mol. The molecule has 0 amide bonds. The maximum absolute atomic E-state index is 12.5. The summed E-state index contributed by atoms with van der Waals surface area (Å²) in [5.74, 6) is 0. The van der Waals surface area contributed by atoms with Gasteiger partial charge in [0.25, 0.3) is 0 Å². The summed E-state index contributed by atoms with van der Waals surface area (Å²) in [5, 5.41) is 0. The molecule has 1 aromatic rings. The van der Waals surface area contributed by atoms with Crippen LogP contribution in [0.4, 0.5) is 32.0 Å². The van der Waals surface area contributed by atoms with Crippen molar-refractivity contribution in [1.29, 1.82) is 0 Å². The zero-order valence-corrected chi connectivity index (χ0v) is 9.97. The molecule has 0 heterocycles. The maximum atomic E-state index is 12.5. The summed E-state index contributed by atoms with van der Waals surface area (Å²) in [7, 11) is 3.09. The van der Waals surface area contributed by atoms with Crippen LogP contribution < -0.4 is 0 Å². The smallest absolute Gasteiger partial charge is 0.369 e. The third-order valence-electron chi connectivity index (χ3n) is 2.01. The summed E-state index contributed by atoms with van der Waals surface area (Å²) in [6.45, 7) is 0. The lowest BCUT2D eigenvalue weighted by Gasteiger charge is -2.12. The van der Waals surface area contributed by atoms with E-state index in [9.17, 15) is 26.3 Å². The third kappa shape index (κ3) is 4.46. The number of rotatable bonds is 2. The van der Waals surface area contributed by atoms with E-state index in [0.717, 1.165) is 6.34 Å². The van der Waals surface area contributed by atoms with Crippen LogP contribution in [0.5, 0.6) is 0 Å². The molecule has 0 N–H and O–H groups in total. The molecule has 0 aliphatic heterocycles. The molecule has 0 fully saturated rings.